The molecule has 0 aliphatic carbocycles. The highest BCUT2D eigenvalue weighted by Crippen LogP contribution is 2.43. The Bertz CT molecular complexity index is 468. The van der Waals surface area contributed by atoms with Crippen LogP contribution in [0.25, 0.3) is 0 Å². The van der Waals surface area contributed by atoms with Gasteiger partial charge >= 0.3 is 5.97 Å². The molecule has 2 atom stereocenters. The molecule has 2 unspecified atom stereocenters. The van der Waals surface area contributed by atoms with Crippen LogP contribution in [-0.4, -0.2) is 28.9 Å². The third-order valence-electron chi connectivity index (χ3n) is 2.86. The highest BCUT2D eigenvalue weighted by Gasteiger charge is 2.43. The highest BCUT2D eigenvalue weighted by atomic mass is 79.9. The summed E-state index contributed by atoms with van der Waals surface area (Å²) in [6.45, 7) is 0. The Labute approximate surface area is 119 Å². The molecule has 92 valence electrons. The summed E-state index contributed by atoms with van der Waals surface area (Å²) in [7, 11) is 1.65. The van der Waals surface area contributed by atoms with Crippen molar-refractivity contribution < 1.29 is 14.7 Å². The van der Waals surface area contributed by atoms with E-state index in [1.165, 1.54) is 16.2 Å². The van der Waals surface area contributed by atoms with E-state index < -0.39 is 11.9 Å². The van der Waals surface area contributed by atoms with Gasteiger partial charge in [0, 0.05) is 22.8 Å². The summed E-state index contributed by atoms with van der Waals surface area (Å²) in [6.07, 6.45) is 0.0731. The number of carbonyl (C=O) groups excluding carboxylic acids is 1. The number of halogens is 2. The Kier molecular flexibility index (Phi) is 3.61. The van der Waals surface area contributed by atoms with Gasteiger partial charge in [-0.05, 0) is 37.9 Å². The summed E-state index contributed by atoms with van der Waals surface area (Å²) in [5.74, 6) is -1.71. The van der Waals surface area contributed by atoms with Gasteiger partial charge < -0.3 is 10.0 Å². The Hall–Kier alpha value is -0.400. The molecule has 1 aromatic heterocycles. The highest BCUT2D eigenvalue weighted by molar-refractivity contribution is 9.13. The molecule has 2 heterocycles. The first-order valence-corrected chi connectivity index (χ1v) is 7.25. The van der Waals surface area contributed by atoms with Gasteiger partial charge in [0.15, 0.2) is 0 Å². The van der Waals surface area contributed by atoms with Crippen molar-refractivity contribution in [3.8, 4) is 0 Å². The number of rotatable bonds is 2. The van der Waals surface area contributed by atoms with Crippen molar-refractivity contribution in [2.24, 2.45) is 5.92 Å². The number of thiophene rings is 1. The van der Waals surface area contributed by atoms with E-state index in [1.54, 1.807) is 7.05 Å². The molecular formula is C10H9Br2NO3S. The summed E-state index contributed by atoms with van der Waals surface area (Å²) < 4.78 is 1.79. The molecule has 1 amide bonds. The lowest BCUT2D eigenvalue weighted by molar-refractivity contribution is -0.142. The predicted molar refractivity (Wildman–Crippen MR) is 71.0 cm³/mol. The molecule has 0 aromatic carbocycles. The van der Waals surface area contributed by atoms with Gasteiger partial charge in [0.25, 0.3) is 0 Å². The first kappa shape index (κ1) is 13.0. The van der Waals surface area contributed by atoms with Crippen molar-refractivity contribution in [1.82, 2.24) is 4.90 Å². The average Bonchev–Trinajstić information content (AvgIpc) is 2.71. The summed E-state index contributed by atoms with van der Waals surface area (Å²) in [6, 6.07) is 1.50. The summed E-state index contributed by atoms with van der Waals surface area (Å²) in [5.41, 5.74) is 0. The zero-order valence-electron chi connectivity index (χ0n) is 8.81. The average molecular weight is 383 g/mol. The molecule has 7 heteroatoms. The van der Waals surface area contributed by atoms with Gasteiger partial charge in [-0.2, -0.15) is 0 Å². The Morgan fingerprint density at radius 3 is 2.71 bits per heavy atom. The van der Waals surface area contributed by atoms with E-state index in [4.69, 9.17) is 5.11 Å². The standard InChI is InChI=1S/C10H9Br2NO3S/c1-13-7(14)2-4(10(15)16)8(13)6-3-5(11)9(12)17-6/h3-4,8H,2H2,1H3,(H,15,16). The van der Waals surface area contributed by atoms with Crippen molar-refractivity contribution in [3.63, 3.8) is 0 Å². The fourth-order valence-corrected chi connectivity index (χ4v) is 4.29. The van der Waals surface area contributed by atoms with Crippen LogP contribution in [0.4, 0.5) is 0 Å². The second kappa shape index (κ2) is 4.70. The lowest BCUT2D eigenvalue weighted by Gasteiger charge is -2.21. The smallest absolute Gasteiger partial charge is 0.309 e. The molecule has 17 heavy (non-hydrogen) atoms. The topological polar surface area (TPSA) is 57.6 Å². The van der Waals surface area contributed by atoms with Crippen molar-refractivity contribution in [3.05, 3.63) is 19.2 Å². The maximum absolute atomic E-state index is 11.6. The minimum atomic E-state index is -0.923. The van der Waals surface area contributed by atoms with Gasteiger partial charge in [0.1, 0.15) is 0 Å². The van der Waals surface area contributed by atoms with Crippen LogP contribution in [0.2, 0.25) is 0 Å². The largest absolute Gasteiger partial charge is 0.481 e. The lowest BCUT2D eigenvalue weighted by Crippen LogP contribution is -2.26. The van der Waals surface area contributed by atoms with Crippen molar-refractivity contribution in [1.29, 1.82) is 0 Å². The van der Waals surface area contributed by atoms with Gasteiger partial charge in [-0.1, -0.05) is 0 Å². The molecule has 2 rings (SSSR count). The third-order valence-corrected chi connectivity index (χ3v) is 6.19. The Morgan fingerprint density at radius 2 is 2.24 bits per heavy atom. The molecular weight excluding hydrogens is 374 g/mol. The number of nitrogens with zero attached hydrogens (tertiary/aromatic N) is 1. The molecule has 4 nitrogen and oxygen atoms in total. The first-order valence-electron chi connectivity index (χ1n) is 4.85. The van der Waals surface area contributed by atoms with E-state index in [9.17, 15) is 9.59 Å². The van der Waals surface area contributed by atoms with Crippen LogP contribution in [0.3, 0.4) is 0 Å². The quantitative estimate of drug-likeness (QED) is 0.855. The second-order valence-corrected chi connectivity index (χ2v) is 7.12. The minimum Gasteiger partial charge on any atom is -0.481 e. The number of carboxylic acid groups (broad SMARTS) is 1. The van der Waals surface area contributed by atoms with Crippen LogP contribution in [0.1, 0.15) is 17.3 Å². The number of hydrogen-bond acceptors (Lipinski definition) is 3. The van der Waals surface area contributed by atoms with E-state index >= 15 is 0 Å². The van der Waals surface area contributed by atoms with Crippen LogP contribution in [-0.2, 0) is 9.59 Å². The molecule has 1 saturated heterocycles. The summed E-state index contributed by atoms with van der Waals surface area (Å²) in [4.78, 5) is 25.2. The fourth-order valence-electron chi connectivity index (χ4n) is 1.99. The van der Waals surface area contributed by atoms with Crippen molar-refractivity contribution in [2.45, 2.75) is 12.5 Å². The van der Waals surface area contributed by atoms with Crippen LogP contribution in [0.5, 0.6) is 0 Å². The van der Waals surface area contributed by atoms with Gasteiger partial charge in [0.2, 0.25) is 5.91 Å². The molecule has 1 fully saturated rings. The predicted octanol–water partition coefficient (Wildman–Crippen LogP) is 2.88. The number of hydrogen-bond donors (Lipinski definition) is 1. The zero-order chi connectivity index (χ0) is 12.7. The van der Waals surface area contributed by atoms with Crippen molar-refractivity contribution in [2.75, 3.05) is 7.05 Å². The number of carbonyl (C=O) groups is 2. The van der Waals surface area contributed by atoms with Crippen LogP contribution in [0.15, 0.2) is 14.3 Å². The lowest BCUT2D eigenvalue weighted by atomic mass is 9.99. The SMILES string of the molecule is CN1C(=O)CC(C(=O)O)C1c1cc(Br)c(Br)s1. The number of amides is 1. The van der Waals surface area contributed by atoms with Crippen LogP contribution < -0.4 is 0 Å². The molecule has 1 aliphatic heterocycles. The minimum absolute atomic E-state index is 0.0731. The second-order valence-electron chi connectivity index (χ2n) is 3.87. The number of likely N-dealkylation sites (tertiary alicyclic amines) is 1. The van der Waals surface area contributed by atoms with Crippen LogP contribution in [0, 0.1) is 5.92 Å². The monoisotopic (exact) mass is 381 g/mol. The van der Waals surface area contributed by atoms with Gasteiger partial charge in [-0.25, -0.2) is 0 Å². The normalized spacial score (nSPS) is 24.4. The maximum Gasteiger partial charge on any atom is 0.309 e. The number of aliphatic carboxylic acids is 1. The molecule has 1 N–H and O–H groups in total. The van der Waals surface area contributed by atoms with E-state index in [-0.39, 0.29) is 18.4 Å². The van der Waals surface area contributed by atoms with E-state index in [0.29, 0.717) is 0 Å². The van der Waals surface area contributed by atoms with E-state index in [2.05, 4.69) is 31.9 Å². The molecule has 0 spiro atoms. The summed E-state index contributed by atoms with van der Waals surface area (Å²) >= 11 is 8.19. The van der Waals surface area contributed by atoms with Gasteiger partial charge in [-0.15, -0.1) is 11.3 Å². The molecule has 0 saturated carbocycles. The third kappa shape index (κ3) is 2.28. The van der Waals surface area contributed by atoms with E-state index in [1.807, 2.05) is 6.07 Å². The van der Waals surface area contributed by atoms with Gasteiger partial charge in [-0.3, -0.25) is 9.59 Å². The zero-order valence-corrected chi connectivity index (χ0v) is 12.8. The van der Waals surface area contributed by atoms with Crippen molar-refractivity contribution >= 4 is 55.1 Å². The summed E-state index contributed by atoms with van der Waals surface area (Å²) in [5, 5.41) is 9.16. The van der Waals surface area contributed by atoms with Crippen LogP contribution >= 0.6 is 43.2 Å². The molecule has 1 aromatic rings. The Morgan fingerprint density at radius 1 is 1.59 bits per heavy atom. The maximum atomic E-state index is 11.6. The molecule has 1 aliphatic rings. The number of carboxylic acids is 1. The fraction of sp³-hybridized carbons (Fsp3) is 0.400. The molecule has 0 radical (unpaired) electrons. The van der Waals surface area contributed by atoms with Gasteiger partial charge in [0.05, 0.1) is 15.7 Å². The molecule has 0 bridgehead atoms. The Balaban J connectivity index is 2.40. The van der Waals surface area contributed by atoms with E-state index in [0.717, 1.165) is 13.1 Å². The first-order chi connectivity index (χ1) is 7.91.